The summed E-state index contributed by atoms with van der Waals surface area (Å²) in [5, 5.41) is 0. The lowest BCUT2D eigenvalue weighted by Crippen LogP contribution is -2.34. The van der Waals surface area contributed by atoms with E-state index in [0.717, 1.165) is 6.42 Å². The molecule has 0 aliphatic heterocycles. The highest BCUT2D eigenvalue weighted by Gasteiger charge is 2.01. The first-order valence-electron chi connectivity index (χ1n) is 7.31. The Bertz CT molecular complexity index is 122. The van der Waals surface area contributed by atoms with Gasteiger partial charge in [0.2, 0.25) is 0 Å². The van der Waals surface area contributed by atoms with Crippen molar-refractivity contribution >= 4 is 0 Å². The molecule has 0 aliphatic carbocycles. The summed E-state index contributed by atoms with van der Waals surface area (Å²) in [4.78, 5) is 0. The number of hydrogen-bond acceptors (Lipinski definition) is 2. The Kier molecular flexibility index (Phi) is 12.9. The molecule has 0 rings (SSSR count). The molecule has 1 unspecified atom stereocenters. The van der Waals surface area contributed by atoms with Gasteiger partial charge in [-0.1, -0.05) is 71.6 Å². The first kappa shape index (κ1) is 15.9. The highest BCUT2D eigenvalue weighted by Crippen LogP contribution is 2.11. The van der Waals surface area contributed by atoms with Gasteiger partial charge in [-0.2, -0.15) is 0 Å². The molecule has 0 heterocycles. The average molecular weight is 228 g/mol. The van der Waals surface area contributed by atoms with E-state index in [9.17, 15) is 0 Å². The second kappa shape index (κ2) is 13.0. The van der Waals surface area contributed by atoms with E-state index in [1.807, 2.05) is 0 Å². The SMILES string of the molecule is CCCCCCCCCCCC(CC)NN. The molecule has 98 valence electrons. The molecule has 0 aromatic rings. The van der Waals surface area contributed by atoms with Crippen LogP contribution in [0.3, 0.4) is 0 Å². The van der Waals surface area contributed by atoms with E-state index in [4.69, 9.17) is 5.84 Å². The van der Waals surface area contributed by atoms with E-state index in [2.05, 4.69) is 19.3 Å². The van der Waals surface area contributed by atoms with Crippen LogP contribution in [-0.2, 0) is 0 Å². The summed E-state index contributed by atoms with van der Waals surface area (Å²) < 4.78 is 0. The van der Waals surface area contributed by atoms with Crippen LogP contribution < -0.4 is 11.3 Å². The number of hydrogen-bond donors (Lipinski definition) is 2. The lowest BCUT2D eigenvalue weighted by molar-refractivity contribution is 0.450. The van der Waals surface area contributed by atoms with Crippen molar-refractivity contribution in [3.63, 3.8) is 0 Å². The van der Waals surface area contributed by atoms with Crippen molar-refractivity contribution in [2.24, 2.45) is 5.84 Å². The summed E-state index contributed by atoms with van der Waals surface area (Å²) in [6.07, 6.45) is 15.0. The Hall–Kier alpha value is -0.0800. The number of nitrogens with two attached hydrogens (primary N) is 1. The Morgan fingerprint density at radius 1 is 0.812 bits per heavy atom. The Balaban J connectivity index is 3.03. The third-order valence-electron chi connectivity index (χ3n) is 3.38. The van der Waals surface area contributed by atoms with Gasteiger partial charge in [-0.3, -0.25) is 11.3 Å². The van der Waals surface area contributed by atoms with Crippen LogP contribution in [0.15, 0.2) is 0 Å². The highest BCUT2D eigenvalue weighted by atomic mass is 15.2. The van der Waals surface area contributed by atoms with Crippen molar-refractivity contribution < 1.29 is 0 Å². The molecule has 0 radical (unpaired) electrons. The summed E-state index contributed by atoms with van der Waals surface area (Å²) in [5.74, 6) is 5.44. The van der Waals surface area contributed by atoms with Crippen molar-refractivity contribution in [2.75, 3.05) is 0 Å². The summed E-state index contributed by atoms with van der Waals surface area (Å²) >= 11 is 0. The molecule has 0 aromatic heterocycles. The number of rotatable bonds is 12. The predicted octanol–water partition coefficient (Wildman–Crippen LogP) is 4.15. The molecular formula is C14H32N2. The van der Waals surface area contributed by atoms with Crippen LogP contribution in [0.2, 0.25) is 0 Å². The van der Waals surface area contributed by atoms with Gasteiger partial charge in [-0.15, -0.1) is 0 Å². The molecule has 0 bridgehead atoms. The maximum absolute atomic E-state index is 5.44. The van der Waals surface area contributed by atoms with Crippen LogP contribution in [0.25, 0.3) is 0 Å². The van der Waals surface area contributed by atoms with Gasteiger partial charge in [-0.25, -0.2) is 0 Å². The minimum Gasteiger partial charge on any atom is -0.271 e. The Morgan fingerprint density at radius 2 is 1.31 bits per heavy atom. The van der Waals surface area contributed by atoms with E-state index in [1.54, 1.807) is 0 Å². The van der Waals surface area contributed by atoms with Crippen molar-refractivity contribution in [1.82, 2.24) is 5.43 Å². The van der Waals surface area contributed by atoms with Gasteiger partial charge in [0.05, 0.1) is 0 Å². The van der Waals surface area contributed by atoms with Crippen molar-refractivity contribution in [3.8, 4) is 0 Å². The molecule has 0 saturated carbocycles. The van der Waals surface area contributed by atoms with Crippen LogP contribution in [-0.4, -0.2) is 6.04 Å². The van der Waals surface area contributed by atoms with Crippen LogP contribution in [0.1, 0.15) is 84.5 Å². The van der Waals surface area contributed by atoms with E-state index in [-0.39, 0.29) is 0 Å². The summed E-state index contributed by atoms with van der Waals surface area (Å²) in [6, 6.07) is 0.532. The van der Waals surface area contributed by atoms with Crippen molar-refractivity contribution in [3.05, 3.63) is 0 Å². The minimum atomic E-state index is 0.532. The second-order valence-electron chi connectivity index (χ2n) is 4.89. The third kappa shape index (κ3) is 10.4. The van der Waals surface area contributed by atoms with E-state index >= 15 is 0 Å². The average Bonchev–Trinajstić information content (AvgIpc) is 2.32. The fourth-order valence-electron chi connectivity index (χ4n) is 2.11. The van der Waals surface area contributed by atoms with Crippen molar-refractivity contribution in [1.29, 1.82) is 0 Å². The number of hydrazine groups is 1. The third-order valence-corrected chi connectivity index (χ3v) is 3.38. The fraction of sp³-hybridized carbons (Fsp3) is 1.00. The maximum Gasteiger partial charge on any atom is 0.0207 e. The molecule has 2 nitrogen and oxygen atoms in total. The summed E-state index contributed by atoms with van der Waals surface area (Å²) in [6.45, 7) is 4.47. The van der Waals surface area contributed by atoms with Gasteiger partial charge in [-0.05, 0) is 12.8 Å². The minimum absolute atomic E-state index is 0.532. The quantitative estimate of drug-likeness (QED) is 0.299. The van der Waals surface area contributed by atoms with Crippen molar-refractivity contribution in [2.45, 2.75) is 90.5 Å². The lowest BCUT2D eigenvalue weighted by Gasteiger charge is -2.12. The van der Waals surface area contributed by atoms with Gasteiger partial charge in [0.25, 0.3) is 0 Å². The topological polar surface area (TPSA) is 38.0 Å². The zero-order valence-corrected chi connectivity index (χ0v) is 11.4. The number of unbranched alkanes of at least 4 members (excludes halogenated alkanes) is 8. The standard InChI is InChI=1S/C14H32N2/c1-3-5-6-7-8-9-10-11-12-13-14(4-2)16-15/h14,16H,3-13,15H2,1-2H3. The molecule has 0 fully saturated rings. The van der Waals surface area contributed by atoms with Crippen LogP contribution >= 0.6 is 0 Å². The Labute approximate surface area is 102 Å². The molecule has 1 atom stereocenters. The maximum atomic E-state index is 5.44. The molecule has 0 saturated heterocycles. The predicted molar refractivity (Wildman–Crippen MR) is 73.2 cm³/mol. The normalized spacial score (nSPS) is 12.9. The molecular weight excluding hydrogens is 196 g/mol. The van der Waals surface area contributed by atoms with Gasteiger partial charge >= 0.3 is 0 Å². The lowest BCUT2D eigenvalue weighted by atomic mass is 10.0. The fourth-order valence-corrected chi connectivity index (χ4v) is 2.11. The summed E-state index contributed by atoms with van der Waals surface area (Å²) in [7, 11) is 0. The molecule has 2 heteroatoms. The van der Waals surface area contributed by atoms with Gasteiger partial charge in [0.1, 0.15) is 0 Å². The molecule has 0 amide bonds. The smallest absolute Gasteiger partial charge is 0.0207 e. The Morgan fingerprint density at radius 3 is 1.75 bits per heavy atom. The molecule has 0 spiro atoms. The van der Waals surface area contributed by atoms with Gasteiger partial charge in [0.15, 0.2) is 0 Å². The largest absolute Gasteiger partial charge is 0.271 e. The zero-order chi connectivity index (χ0) is 12.1. The highest BCUT2D eigenvalue weighted by molar-refractivity contribution is 4.60. The van der Waals surface area contributed by atoms with E-state index in [0.29, 0.717) is 6.04 Å². The number of nitrogens with one attached hydrogen (secondary N) is 1. The molecule has 0 aromatic carbocycles. The van der Waals surface area contributed by atoms with Gasteiger partial charge in [0, 0.05) is 6.04 Å². The zero-order valence-electron chi connectivity index (χ0n) is 11.4. The van der Waals surface area contributed by atoms with E-state index < -0.39 is 0 Å². The van der Waals surface area contributed by atoms with E-state index in [1.165, 1.54) is 64.2 Å². The second-order valence-corrected chi connectivity index (χ2v) is 4.89. The molecule has 0 aliphatic rings. The first-order chi connectivity index (χ1) is 7.85. The van der Waals surface area contributed by atoms with Crippen LogP contribution in [0, 0.1) is 0 Å². The molecule has 16 heavy (non-hydrogen) atoms. The van der Waals surface area contributed by atoms with Gasteiger partial charge < -0.3 is 0 Å². The first-order valence-corrected chi connectivity index (χ1v) is 7.31. The monoisotopic (exact) mass is 228 g/mol. The summed E-state index contributed by atoms with van der Waals surface area (Å²) in [5.41, 5.74) is 2.88. The molecule has 3 N–H and O–H groups in total. The van der Waals surface area contributed by atoms with Crippen LogP contribution in [0.5, 0.6) is 0 Å². The van der Waals surface area contributed by atoms with Crippen LogP contribution in [0.4, 0.5) is 0 Å².